The van der Waals surface area contributed by atoms with Crippen LogP contribution in [0.1, 0.15) is 16.7 Å². The number of alkyl halides is 6. The third-order valence-electron chi connectivity index (χ3n) is 4.91. The molecule has 0 saturated carbocycles. The van der Waals surface area contributed by atoms with Crippen LogP contribution in [-0.2, 0) is 19.0 Å². The lowest BCUT2D eigenvalue weighted by Crippen LogP contribution is -2.21. The predicted molar refractivity (Wildman–Crippen MR) is 106 cm³/mol. The first-order chi connectivity index (χ1) is 16.0. The molecule has 180 valence electrons. The third kappa shape index (κ3) is 5.24. The number of aromatic nitrogens is 4. The molecule has 0 atom stereocenters. The third-order valence-corrected chi connectivity index (χ3v) is 4.91. The number of hydrogen-bond donors (Lipinski definition) is 1. The van der Waals surface area contributed by atoms with E-state index in [1.54, 1.807) is 18.2 Å². The standard InChI is InChI=1S/C21H16F6N4O3/c1-32-16-8-13-9-18(19-28-30-31-29-19)34-17(13)7-12(16)4-2-11-3-5-15(33-10-20(22,23)24)14(6-11)21(25,26)27/h3,5-9H,2,4,10H2,1H3,(H,28,29,30,31). The number of rotatable bonds is 7. The molecule has 2 aromatic heterocycles. The minimum atomic E-state index is -4.88. The second kappa shape index (κ2) is 8.88. The van der Waals surface area contributed by atoms with Crippen LogP contribution in [0.2, 0.25) is 0 Å². The molecule has 0 saturated heterocycles. The summed E-state index contributed by atoms with van der Waals surface area (Å²) in [5.74, 6) is 0.239. The summed E-state index contributed by atoms with van der Waals surface area (Å²) in [4.78, 5) is 0. The number of benzene rings is 2. The van der Waals surface area contributed by atoms with Gasteiger partial charge in [-0.2, -0.15) is 31.6 Å². The molecule has 4 rings (SSSR count). The van der Waals surface area contributed by atoms with Crippen molar-refractivity contribution in [3.05, 3.63) is 53.1 Å². The highest BCUT2D eigenvalue weighted by Gasteiger charge is 2.36. The molecule has 13 heteroatoms. The maximum Gasteiger partial charge on any atom is 0.422 e. The second-order valence-corrected chi connectivity index (χ2v) is 7.28. The Hall–Kier alpha value is -3.77. The van der Waals surface area contributed by atoms with E-state index in [0.717, 1.165) is 12.1 Å². The molecule has 1 N–H and O–H groups in total. The molecule has 4 aromatic rings. The Balaban J connectivity index is 1.57. The summed E-state index contributed by atoms with van der Waals surface area (Å²) in [7, 11) is 1.46. The molecule has 0 aliphatic carbocycles. The van der Waals surface area contributed by atoms with Crippen molar-refractivity contribution in [1.29, 1.82) is 0 Å². The van der Waals surface area contributed by atoms with Crippen molar-refractivity contribution in [3.63, 3.8) is 0 Å². The van der Waals surface area contributed by atoms with Crippen molar-refractivity contribution in [2.45, 2.75) is 25.2 Å². The molecule has 0 aliphatic heterocycles. The van der Waals surface area contributed by atoms with Gasteiger partial charge < -0.3 is 13.9 Å². The van der Waals surface area contributed by atoms with Gasteiger partial charge >= 0.3 is 12.4 Å². The van der Waals surface area contributed by atoms with E-state index in [1.165, 1.54) is 13.2 Å². The number of aromatic amines is 1. The zero-order chi connectivity index (χ0) is 24.5. The molecular formula is C21H16F6N4O3. The van der Waals surface area contributed by atoms with E-state index >= 15 is 0 Å². The number of H-pyrrole nitrogens is 1. The van der Waals surface area contributed by atoms with E-state index < -0.39 is 30.3 Å². The van der Waals surface area contributed by atoms with Gasteiger partial charge in [-0.15, -0.1) is 10.2 Å². The van der Waals surface area contributed by atoms with Crippen LogP contribution in [0.15, 0.2) is 40.8 Å². The Morgan fingerprint density at radius 2 is 1.76 bits per heavy atom. The SMILES string of the molecule is COc1cc2cc(-c3nn[nH]n3)oc2cc1CCc1ccc(OCC(F)(F)F)c(C(F)(F)F)c1. The normalized spacial score (nSPS) is 12.3. The van der Waals surface area contributed by atoms with E-state index in [2.05, 4.69) is 25.4 Å². The van der Waals surface area contributed by atoms with Crippen LogP contribution in [-0.4, -0.2) is 40.5 Å². The summed E-state index contributed by atoms with van der Waals surface area (Å²) in [6.07, 6.45) is -9.21. The number of furan rings is 1. The Kier molecular flexibility index (Phi) is 6.11. The number of fused-ring (bicyclic) bond motifs is 1. The summed E-state index contributed by atoms with van der Waals surface area (Å²) in [6, 6.07) is 8.09. The molecule has 0 spiro atoms. The van der Waals surface area contributed by atoms with Crippen molar-refractivity contribution < 1.29 is 40.2 Å². The van der Waals surface area contributed by atoms with Crippen LogP contribution in [0.4, 0.5) is 26.3 Å². The molecule has 0 aliphatic rings. The Morgan fingerprint density at radius 3 is 2.41 bits per heavy atom. The van der Waals surface area contributed by atoms with Gasteiger partial charge in [0, 0.05) is 5.39 Å². The van der Waals surface area contributed by atoms with E-state index in [9.17, 15) is 26.3 Å². The Bertz CT molecular complexity index is 1280. The van der Waals surface area contributed by atoms with Crippen LogP contribution < -0.4 is 9.47 Å². The summed E-state index contributed by atoms with van der Waals surface area (Å²) in [6.45, 7) is -1.82. The maximum atomic E-state index is 13.4. The van der Waals surface area contributed by atoms with Gasteiger partial charge in [0.2, 0.25) is 5.82 Å². The number of hydrogen-bond acceptors (Lipinski definition) is 6. The highest BCUT2D eigenvalue weighted by atomic mass is 19.4. The number of aryl methyl sites for hydroxylation is 2. The van der Waals surface area contributed by atoms with Crippen LogP contribution in [0.5, 0.6) is 11.5 Å². The van der Waals surface area contributed by atoms with Gasteiger partial charge in [-0.25, -0.2) is 0 Å². The fourth-order valence-corrected chi connectivity index (χ4v) is 3.39. The van der Waals surface area contributed by atoms with Gasteiger partial charge in [0.15, 0.2) is 12.4 Å². The van der Waals surface area contributed by atoms with Crippen LogP contribution in [0, 0.1) is 0 Å². The van der Waals surface area contributed by atoms with Crippen molar-refractivity contribution in [1.82, 2.24) is 20.6 Å². The molecule has 0 unspecified atom stereocenters. The second-order valence-electron chi connectivity index (χ2n) is 7.28. The number of halogens is 6. The van der Waals surface area contributed by atoms with Gasteiger partial charge in [0.05, 0.1) is 12.7 Å². The van der Waals surface area contributed by atoms with E-state index in [-0.39, 0.29) is 24.2 Å². The first-order valence-corrected chi connectivity index (χ1v) is 9.77. The highest BCUT2D eigenvalue weighted by molar-refractivity contribution is 5.84. The summed E-state index contributed by atoms with van der Waals surface area (Å²) >= 11 is 0. The molecule has 0 fully saturated rings. The number of nitrogens with zero attached hydrogens (tertiary/aromatic N) is 3. The van der Waals surface area contributed by atoms with Crippen LogP contribution in [0.25, 0.3) is 22.6 Å². The lowest BCUT2D eigenvalue weighted by molar-refractivity contribution is -0.158. The van der Waals surface area contributed by atoms with Gasteiger partial charge in [-0.05, 0) is 59.5 Å². The van der Waals surface area contributed by atoms with Crippen LogP contribution in [0.3, 0.4) is 0 Å². The van der Waals surface area contributed by atoms with Gasteiger partial charge in [-0.3, -0.25) is 0 Å². The number of methoxy groups -OCH3 is 1. The molecular weight excluding hydrogens is 470 g/mol. The largest absolute Gasteiger partial charge is 0.496 e. The summed E-state index contributed by atoms with van der Waals surface area (Å²) in [5.41, 5.74) is 0.144. The van der Waals surface area contributed by atoms with E-state index in [0.29, 0.717) is 28.0 Å². The van der Waals surface area contributed by atoms with Crippen LogP contribution >= 0.6 is 0 Å². The monoisotopic (exact) mass is 486 g/mol. The lowest BCUT2D eigenvalue weighted by Gasteiger charge is -2.16. The Labute approximate surface area is 187 Å². The average Bonchev–Trinajstić information content (AvgIpc) is 3.44. The van der Waals surface area contributed by atoms with Gasteiger partial charge in [0.1, 0.15) is 17.1 Å². The highest BCUT2D eigenvalue weighted by Crippen LogP contribution is 2.38. The van der Waals surface area contributed by atoms with Gasteiger partial charge in [-0.1, -0.05) is 6.07 Å². The first-order valence-electron chi connectivity index (χ1n) is 9.77. The van der Waals surface area contributed by atoms with E-state index in [1.807, 2.05) is 0 Å². The molecule has 0 radical (unpaired) electrons. The number of ether oxygens (including phenoxy) is 2. The molecule has 2 heterocycles. The zero-order valence-corrected chi connectivity index (χ0v) is 17.4. The van der Waals surface area contributed by atoms with E-state index in [4.69, 9.17) is 9.15 Å². The average molecular weight is 486 g/mol. The molecule has 7 nitrogen and oxygen atoms in total. The minimum Gasteiger partial charge on any atom is -0.496 e. The zero-order valence-electron chi connectivity index (χ0n) is 17.4. The number of tetrazole rings is 1. The minimum absolute atomic E-state index is 0.156. The molecule has 2 aromatic carbocycles. The fraction of sp³-hybridized carbons (Fsp3) is 0.286. The predicted octanol–water partition coefficient (Wildman–Crippen LogP) is 5.37. The molecule has 0 amide bonds. The fourth-order valence-electron chi connectivity index (χ4n) is 3.39. The van der Waals surface area contributed by atoms with Crippen molar-refractivity contribution in [2.75, 3.05) is 13.7 Å². The summed E-state index contributed by atoms with van der Waals surface area (Å²) < 4.78 is 92.9. The van der Waals surface area contributed by atoms with Gasteiger partial charge in [0.25, 0.3) is 0 Å². The first kappa shape index (κ1) is 23.4. The Morgan fingerprint density at radius 1 is 0.971 bits per heavy atom. The molecule has 34 heavy (non-hydrogen) atoms. The topological polar surface area (TPSA) is 86.1 Å². The molecule has 0 bridgehead atoms. The smallest absolute Gasteiger partial charge is 0.422 e. The van der Waals surface area contributed by atoms with Crippen molar-refractivity contribution >= 4 is 11.0 Å². The summed E-state index contributed by atoms with van der Waals surface area (Å²) in [5, 5.41) is 14.2. The lowest BCUT2D eigenvalue weighted by atomic mass is 10.0. The van der Waals surface area contributed by atoms with Crippen molar-refractivity contribution in [2.24, 2.45) is 0 Å². The van der Waals surface area contributed by atoms with Crippen molar-refractivity contribution in [3.8, 4) is 23.1 Å². The number of nitrogens with one attached hydrogen (secondary N) is 1. The maximum absolute atomic E-state index is 13.4. The quantitative estimate of drug-likeness (QED) is 0.354.